The van der Waals surface area contributed by atoms with Gasteiger partial charge in [0, 0.05) is 0 Å². The Balaban J connectivity index is -0.000000484. The van der Waals surface area contributed by atoms with Gasteiger partial charge in [0.25, 0.3) is 0 Å². The molecular formula is C23H40O. The molecule has 2 aromatic rings. The fourth-order valence-electron chi connectivity index (χ4n) is 2.00. The van der Waals surface area contributed by atoms with E-state index in [2.05, 4.69) is 0 Å². The lowest BCUT2D eigenvalue weighted by molar-refractivity contribution is 0.0765. The molecule has 0 amide bonds. The van der Waals surface area contributed by atoms with E-state index in [1.165, 1.54) is 0 Å². The van der Waals surface area contributed by atoms with Gasteiger partial charge in [0.2, 0.25) is 0 Å². The summed E-state index contributed by atoms with van der Waals surface area (Å²) in [5, 5.41) is 10.8. The first-order chi connectivity index (χ1) is 11.8. The molecule has 0 radical (unpaired) electrons. The van der Waals surface area contributed by atoms with E-state index in [1.807, 2.05) is 123 Å². The van der Waals surface area contributed by atoms with Crippen LogP contribution in [0.2, 0.25) is 0 Å². The van der Waals surface area contributed by atoms with E-state index in [1.54, 1.807) is 0 Å². The molecule has 0 bridgehead atoms. The van der Waals surface area contributed by atoms with Crippen LogP contribution < -0.4 is 0 Å². The predicted molar refractivity (Wildman–Crippen MR) is 112 cm³/mol. The summed E-state index contributed by atoms with van der Waals surface area (Å²) >= 11 is 0. The zero-order valence-electron chi connectivity index (χ0n) is 17.4. The Morgan fingerprint density at radius 3 is 1.04 bits per heavy atom. The van der Waals surface area contributed by atoms with Gasteiger partial charge in [-0.1, -0.05) is 123 Å². The van der Waals surface area contributed by atoms with Gasteiger partial charge in [-0.05, 0) is 17.5 Å². The molecule has 0 aliphatic heterocycles. The van der Waals surface area contributed by atoms with Gasteiger partial charge >= 0.3 is 0 Å². The maximum absolute atomic E-state index is 10.8. The van der Waals surface area contributed by atoms with E-state index >= 15 is 0 Å². The topological polar surface area (TPSA) is 20.2 Å². The van der Waals surface area contributed by atoms with Gasteiger partial charge in [0.1, 0.15) is 5.60 Å². The molecule has 24 heavy (non-hydrogen) atoms. The largest absolute Gasteiger partial charge is 0.380 e. The Kier molecular flexibility index (Phi) is 22.1. The predicted octanol–water partition coefficient (Wildman–Crippen LogP) is 7.44. The third-order valence-corrected chi connectivity index (χ3v) is 3.01. The molecule has 0 saturated carbocycles. The Morgan fingerprint density at radius 2 is 0.833 bits per heavy atom. The smallest absolute Gasteiger partial charge is 0.114 e. The van der Waals surface area contributed by atoms with E-state index in [0.29, 0.717) is 6.42 Å². The molecule has 0 saturated heterocycles. The molecule has 0 heterocycles. The molecular weight excluding hydrogens is 292 g/mol. The van der Waals surface area contributed by atoms with Crippen LogP contribution >= 0.6 is 0 Å². The van der Waals surface area contributed by atoms with Crippen LogP contribution in [0.5, 0.6) is 0 Å². The maximum Gasteiger partial charge on any atom is 0.114 e. The summed E-state index contributed by atoms with van der Waals surface area (Å²) in [6.45, 7) is 18.0. The third-order valence-electron chi connectivity index (χ3n) is 3.01. The molecule has 0 aliphatic rings. The Labute approximate surface area is 151 Å². The van der Waals surface area contributed by atoms with Crippen LogP contribution in [0.3, 0.4) is 0 Å². The van der Waals surface area contributed by atoms with Crippen molar-refractivity contribution in [2.24, 2.45) is 0 Å². The highest BCUT2D eigenvalue weighted by atomic mass is 16.3. The maximum atomic E-state index is 10.8. The zero-order valence-corrected chi connectivity index (χ0v) is 17.4. The van der Waals surface area contributed by atoms with Crippen molar-refractivity contribution < 1.29 is 5.11 Å². The molecule has 138 valence electrons. The minimum absolute atomic E-state index is 0.668. The van der Waals surface area contributed by atoms with Crippen LogP contribution in [0.25, 0.3) is 0 Å². The standard InChI is InChI=1S/C15H16O.4C2H6/c1-2-15(16,13-9-5-3-6-10-13)14-11-7-4-8-12-14;4*1-2/h3-12,16H,2H2,1H3;4*1-2H3. The second kappa shape index (κ2) is 19.4. The summed E-state index contributed by atoms with van der Waals surface area (Å²) in [5.41, 5.74) is 1.02. The summed E-state index contributed by atoms with van der Waals surface area (Å²) in [5.74, 6) is 0. The Morgan fingerprint density at radius 1 is 0.583 bits per heavy atom. The zero-order chi connectivity index (χ0) is 19.4. The van der Waals surface area contributed by atoms with Crippen LogP contribution in [0.1, 0.15) is 79.9 Å². The summed E-state index contributed by atoms with van der Waals surface area (Å²) in [6, 6.07) is 19.6. The Bertz CT molecular complexity index is 395. The van der Waals surface area contributed by atoms with Crippen molar-refractivity contribution in [2.75, 3.05) is 0 Å². The SMILES string of the molecule is CC.CC.CC.CC.CCC(O)(c1ccccc1)c1ccccc1. The summed E-state index contributed by atoms with van der Waals surface area (Å²) in [7, 11) is 0. The first-order valence-electron chi connectivity index (χ1n) is 9.61. The van der Waals surface area contributed by atoms with Crippen LogP contribution in [-0.2, 0) is 5.60 Å². The highest BCUT2D eigenvalue weighted by molar-refractivity contribution is 5.35. The van der Waals surface area contributed by atoms with Crippen molar-refractivity contribution in [3.05, 3.63) is 71.8 Å². The molecule has 0 fully saturated rings. The lowest BCUT2D eigenvalue weighted by Crippen LogP contribution is -2.25. The van der Waals surface area contributed by atoms with E-state index in [-0.39, 0.29) is 0 Å². The van der Waals surface area contributed by atoms with Gasteiger partial charge in [-0.25, -0.2) is 0 Å². The number of hydrogen-bond donors (Lipinski definition) is 1. The molecule has 0 spiro atoms. The van der Waals surface area contributed by atoms with Gasteiger partial charge < -0.3 is 5.11 Å². The summed E-state index contributed by atoms with van der Waals surface area (Å²) in [6.07, 6.45) is 0.668. The van der Waals surface area contributed by atoms with E-state index < -0.39 is 5.60 Å². The quantitative estimate of drug-likeness (QED) is 0.619. The molecule has 0 atom stereocenters. The van der Waals surface area contributed by atoms with Crippen molar-refractivity contribution in [2.45, 2.75) is 74.3 Å². The highest BCUT2D eigenvalue weighted by Gasteiger charge is 2.28. The first kappa shape index (κ1) is 27.3. The lowest BCUT2D eigenvalue weighted by Gasteiger charge is -2.28. The number of benzene rings is 2. The molecule has 0 aliphatic carbocycles. The van der Waals surface area contributed by atoms with E-state index in [4.69, 9.17) is 0 Å². The molecule has 1 N–H and O–H groups in total. The van der Waals surface area contributed by atoms with Crippen molar-refractivity contribution in [1.82, 2.24) is 0 Å². The number of aliphatic hydroxyl groups is 1. The van der Waals surface area contributed by atoms with E-state index in [0.717, 1.165) is 11.1 Å². The van der Waals surface area contributed by atoms with Crippen molar-refractivity contribution in [3.63, 3.8) is 0 Å². The fraction of sp³-hybridized carbons (Fsp3) is 0.478. The number of rotatable bonds is 3. The van der Waals surface area contributed by atoms with Crippen LogP contribution in [-0.4, -0.2) is 5.11 Å². The molecule has 2 rings (SSSR count). The van der Waals surface area contributed by atoms with Crippen LogP contribution in [0.15, 0.2) is 60.7 Å². The van der Waals surface area contributed by atoms with Gasteiger partial charge in [-0.15, -0.1) is 0 Å². The second-order valence-corrected chi connectivity index (χ2v) is 3.95. The van der Waals surface area contributed by atoms with Gasteiger partial charge in [0.15, 0.2) is 0 Å². The highest BCUT2D eigenvalue weighted by Crippen LogP contribution is 2.32. The van der Waals surface area contributed by atoms with E-state index in [9.17, 15) is 5.11 Å². The first-order valence-corrected chi connectivity index (χ1v) is 9.61. The molecule has 1 heteroatoms. The Hall–Kier alpha value is -1.60. The van der Waals surface area contributed by atoms with Gasteiger partial charge in [0.05, 0.1) is 0 Å². The van der Waals surface area contributed by atoms with Gasteiger partial charge in [-0.3, -0.25) is 0 Å². The lowest BCUT2D eigenvalue weighted by atomic mass is 9.84. The summed E-state index contributed by atoms with van der Waals surface area (Å²) in [4.78, 5) is 0. The minimum atomic E-state index is -0.872. The minimum Gasteiger partial charge on any atom is -0.380 e. The average molecular weight is 333 g/mol. The van der Waals surface area contributed by atoms with Crippen LogP contribution in [0, 0.1) is 0 Å². The van der Waals surface area contributed by atoms with Gasteiger partial charge in [-0.2, -0.15) is 0 Å². The molecule has 0 aromatic heterocycles. The van der Waals surface area contributed by atoms with Crippen LogP contribution in [0.4, 0.5) is 0 Å². The fourth-order valence-corrected chi connectivity index (χ4v) is 2.00. The summed E-state index contributed by atoms with van der Waals surface area (Å²) < 4.78 is 0. The average Bonchev–Trinajstić information content (AvgIpc) is 2.74. The third kappa shape index (κ3) is 8.88. The molecule has 1 nitrogen and oxygen atoms in total. The number of hydrogen-bond acceptors (Lipinski definition) is 1. The normalized spacial score (nSPS) is 8.58. The van der Waals surface area contributed by atoms with Crippen molar-refractivity contribution in [1.29, 1.82) is 0 Å². The van der Waals surface area contributed by atoms with Crippen molar-refractivity contribution in [3.8, 4) is 0 Å². The van der Waals surface area contributed by atoms with Crippen molar-refractivity contribution >= 4 is 0 Å². The second-order valence-electron chi connectivity index (χ2n) is 3.95. The molecule has 0 unspecified atom stereocenters. The molecule has 2 aromatic carbocycles. The monoisotopic (exact) mass is 332 g/mol.